The van der Waals surface area contributed by atoms with E-state index in [0.29, 0.717) is 11.1 Å². The predicted octanol–water partition coefficient (Wildman–Crippen LogP) is 3.54. The minimum absolute atomic E-state index is 0.0904. The van der Waals surface area contributed by atoms with Crippen LogP contribution in [-0.2, 0) is 0 Å². The van der Waals surface area contributed by atoms with Crippen LogP contribution in [0.15, 0.2) is 42.5 Å². The van der Waals surface area contributed by atoms with E-state index in [0.717, 1.165) is 6.07 Å². The number of carbonyl (C=O) groups is 2. The molecule has 0 aromatic heterocycles. The van der Waals surface area contributed by atoms with Gasteiger partial charge in [-0.05, 0) is 31.5 Å². The molecule has 0 bridgehead atoms. The Balaban J connectivity index is 2.76. The molecule has 5 heteroatoms. The van der Waals surface area contributed by atoms with Gasteiger partial charge in [-0.25, -0.2) is 9.59 Å². The second-order valence-corrected chi connectivity index (χ2v) is 5.04. The second-order valence-electron chi connectivity index (χ2n) is 5.04. The molecule has 0 amide bonds. The summed E-state index contributed by atoms with van der Waals surface area (Å²) in [6.45, 7) is 3.57. The van der Waals surface area contributed by atoms with Gasteiger partial charge in [0.1, 0.15) is 11.3 Å². The zero-order valence-electron chi connectivity index (χ0n) is 12.2. The number of hydrogen-bond donors (Lipinski definition) is 2. The fourth-order valence-electron chi connectivity index (χ4n) is 2.11. The van der Waals surface area contributed by atoms with Crippen LogP contribution in [0.3, 0.4) is 0 Å². The molecule has 0 unspecified atom stereocenters. The number of carboxylic acid groups (broad SMARTS) is 2. The summed E-state index contributed by atoms with van der Waals surface area (Å²) < 4.78 is 5.65. The molecule has 0 spiro atoms. The summed E-state index contributed by atoms with van der Waals surface area (Å²) in [5.74, 6) is -2.23. The van der Waals surface area contributed by atoms with E-state index in [-0.39, 0.29) is 23.0 Å². The lowest BCUT2D eigenvalue weighted by Crippen LogP contribution is -2.12. The summed E-state index contributed by atoms with van der Waals surface area (Å²) in [5, 5.41) is 18.6. The molecule has 0 saturated heterocycles. The average molecular weight is 300 g/mol. The Morgan fingerprint density at radius 3 is 2.14 bits per heavy atom. The Labute approximate surface area is 127 Å². The average Bonchev–Trinajstić information content (AvgIpc) is 2.47. The van der Waals surface area contributed by atoms with Crippen LogP contribution in [0.4, 0.5) is 0 Å². The molecule has 5 nitrogen and oxygen atoms in total. The van der Waals surface area contributed by atoms with E-state index in [1.165, 1.54) is 6.07 Å². The number of hydrogen-bond acceptors (Lipinski definition) is 3. The second kappa shape index (κ2) is 6.30. The van der Waals surface area contributed by atoms with Crippen molar-refractivity contribution >= 4 is 11.9 Å². The van der Waals surface area contributed by atoms with Gasteiger partial charge < -0.3 is 14.9 Å². The lowest BCUT2D eigenvalue weighted by atomic mass is 9.98. The maximum absolute atomic E-state index is 11.5. The molecule has 0 saturated carbocycles. The maximum Gasteiger partial charge on any atom is 0.339 e. The van der Waals surface area contributed by atoms with Crippen LogP contribution >= 0.6 is 0 Å². The number of carboxylic acids is 2. The van der Waals surface area contributed by atoms with Crippen molar-refractivity contribution in [2.45, 2.75) is 20.0 Å². The van der Waals surface area contributed by atoms with Crippen LogP contribution in [0.25, 0.3) is 11.1 Å². The maximum atomic E-state index is 11.5. The number of ether oxygens (including phenoxy) is 1. The van der Waals surface area contributed by atoms with Gasteiger partial charge >= 0.3 is 11.9 Å². The molecule has 0 radical (unpaired) electrons. The van der Waals surface area contributed by atoms with E-state index in [4.69, 9.17) is 4.74 Å². The van der Waals surface area contributed by atoms with E-state index in [1.54, 1.807) is 38.1 Å². The van der Waals surface area contributed by atoms with E-state index in [9.17, 15) is 19.8 Å². The Bertz CT molecular complexity index is 704. The Morgan fingerprint density at radius 2 is 1.64 bits per heavy atom. The molecular formula is C17H16O5. The van der Waals surface area contributed by atoms with Crippen LogP contribution in [0.2, 0.25) is 0 Å². The monoisotopic (exact) mass is 300 g/mol. The fraction of sp³-hybridized carbons (Fsp3) is 0.176. The standard InChI is InChI=1S/C17H16O5/c1-10(2)22-15-13(11-6-4-3-5-7-11)8-12(16(18)19)9-14(15)17(20)21/h3-10H,1-2H3,(H,18,19)(H,20,21). The summed E-state index contributed by atoms with van der Waals surface area (Å²) in [5.41, 5.74) is 0.898. The number of rotatable bonds is 5. The van der Waals surface area contributed by atoms with Crippen molar-refractivity contribution in [2.75, 3.05) is 0 Å². The van der Waals surface area contributed by atoms with E-state index >= 15 is 0 Å². The van der Waals surface area contributed by atoms with Crippen LogP contribution in [0.1, 0.15) is 34.6 Å². The van der Waals surface area contributed by atoms with E-state index in [1.807, 2.05) is 6.07 Å². The third-order valence-corrected chi connectivity index (χ3v) is 3.00. The van der Waals surface area contributed by atoms with E-state index < -0.39 is 11.9 Å². The van der Waals surface area contributed by atoms with Crippen molar-refractivity contribution < 1.29 is 24.5 Å². The number of benzene rings is 2. The minimum atomic E-state index is -1.23. The highest BCUT2D eigenvalue weighted by Crippen LogP contribution is 2.35. The van der Waals surface area contributed by atoms with Crippen LogP contribution < -0.4 is 4.74 Å². The first-order chi connectivity index (χ1) is 10.4. The quantitative estimate of drug-likeness (QED) is 0.882. The fourth-order valence-corrected chi connectivity index (χ4v) is 2.11. The third-order valence-electron chi connectivity index (χ3n) is 3.00. The molecule has 22 heavy (non-hydrogen) atoms. The normalized spacial score (nSPS) is 10.5. The topological polar surface area (TPSA) is 83.8 Å². The zero-order valence-corrected chi connectivity index (χ0v) is 12.2. The Morgan fingerprint density at radius 1 is 1.00 bits per heavy atom. The molecule has 0 atom stereocenters. The van der Waals surface area contributed by atoms with Gasteiger partial charge in [0, 0.05) is 5.56 Å². The van der Waals surface area contributed by atoms with Gasteiger partial charge in [0.25, 0.3) is 0 Å². The molecule has 2 rings (SSSR count). The number of aromatic carboxylic acids is 2. The summed E-state index contributed by atoms with van der Waals surface area (Å²) >= 11 is 0. The van der Waals surface area contributed by atoms with Gasteiger partial charge in [0.05, 0.1) is 11.7 Å². The molecule has 0 aliphatic rings. The SMILES string of the molecule is CC(C)Oc1c(C(=O)O)cc(C(=O)O)cc1-c1ccccc1. The van der Waals surface area contributed by atoms with Crippen LogP contribution in [0, 0.1) is 0 Å². The molecular weight excluding hydrogens is 284 g/mol. The van der Waals surface area contributed by atoms with Gasteiger partial charge in [-0.1, -0.05) is 30.3 Å². The smallest absolute Gasteiger partial charge is 0.339 e. The first-order valence-electron chi connectivity index (χ1n) is 6.77. The van der Waals surface area contributed by atoms with Gasteiger partial charge in [-0.15, -0.1) is 0 Å². The first kappa shape index (κ1) is 15.6. The highest BCUT2D eigenvalue weighted by molar-refractivity contribution is 5.99. The minimum Gasteiger partial charge on any atom is -0.489 e. The van der Waals surface area contributed by atoms with Crippen LogP contribution in [-0.4, -0.2) is 28.3 Å². The molecule has 0 heterocycles. The Kier molecular flexibility index (Phi) is 4.46. The Hall–Kier alpha value is -2.82. The van der Waals surface area contributed by atoms with E-state index in [2.05, 4.69) is 0 Å². The van der Waals surface area contributed by atoms with Gasteiger partial charge in [0.15, 0.2) is 0 Å². The molecule has 2 aromatic rings. The van der Waals surface area contributed by atoms with Gasteiger partial charge in [-0.3, -0.25) is 0 Å². The van der Waals surface area contributed by atoms with Crippen molar-refractivity contribution in [3.8, 4) is 16.9 Å². The highest BCUT2D eigenvalue weighted by Gasteiger charge is 2.21. The largest absolute Gasteiger partial charge is 0.489 e. The molecule has 2 N–H and O–H groups in total. The van der Waals surface area contributed by atoms with Gasteiger partial charge in [-0.2, -0.15) is 0 Å². The van der Waals surface area contributed by atoms with Crippen molar-refractivity contribution in [1.29, 1.82) is 0 Å². The lowest BCUT2D eigenvalue weighted by Gasteiger charge is -2.17. The lowest BCUT2D eigenvalue weighted by molar-refractivity contribution is 0.0690. The van der Waals surface area contributed by atoms with Crippen molar-refractivity contribution in [3.63, 3.8) is 0 Å². The van der Waals surface area contributed by atoms with Crippen molar-refractivity contribution in [3.05, 3.63) is 53.6 Å². The molecule has 0 aliphatic carbocycles. The molecule has 2 aromatic carbocycles. The van der Waals surface area contributed by atoms with Crippen LogP contribution in [0.5, 0.6) is 5.75 Å². The van der Waals surface area contributed by atoms with Crippen molar-refractivity contribution in [1.82, 2.24) is 0 Å². The van der Waals surface area contributed by atoms with Gasteiger partial charge in [0.2, 0.25) is 0 Å². The predicted molar refractivity (Wildman–Crippen MR) is 81.6 cm³/mol. The summed E-state index contributed by atoms with van der Waals surface area (Å²) in [6.07, 6.45) is -0.240. The summed E-state index contributed by atoms with van der Waals surface area (Å²) in [4.78, 5) is 22.7. The van der Waals surface area contributed by atoms with Crippen molar-refractivity contribution in [2.24, 2.45) is 0 Å². The summed E-state index contributed by atoms with van der Waals surface area (Å²) in [6, 6.07) is 11.5. The molecule has 114 valence electrons. The molecule has 0 aliphatic heterocycles. The summed E-state index contributed by atoms with van der Waals surface area (Å²) in [7, 11) is 0. The highest BCUT2D eigenvalue weighted by atomic mass is 16.5. The third kappa shape index (κ3) is 3.25. The molecule has 0 fully saturated rings. The first-order valence-corrected chi connectivity index (χ1v) is 6.77. The zero-order chi connectivity index (χ0) is 16.3.